The highest BCUT2D eigenvalue weighted by atomic mass is 16.5. The zero-order valence-corrected chi connectivity index (χ0v) is 14.7. The highest BCUT2D eigenvalue weighted by Crippen LogP contribution is 2.37. The van der Waals surface area contributed by atoms with Crippen molar-refractivity contribution < 1.29 is 4.74 Å². The number of anilines is 1. The van der Waals surface area contributed by atoms with E-state index in [0.717, 1.165) is 22.0 Å². The van der Waals surface area contributed by atoms with Crippen LogP contribution in [0.4, 0.5) is 5.69 Å². The van der Waals surface area contributed by atoms with E-state index >= 15 is 0 Å². The molecule has 6 heteroatoms. The molecule has 0 saturated carbocycles. The number of aromatic amines is 1. The third-order valence-electron chi connectivity index (χ3n) is 4.45. The summed E-state index contributed by atoms with van der Waals surface area (Å²) in [6.45, 7) is 0. The fraction of sp³-hybridized carbons (Fsp3) is 0.0476. The van der Waals surface area contributed by atoms with Crippen LogP contribution in [0.2, 0.25) is 0 Å². The van der Waals surface area contributed by atoms with Crippen LogP contribution in [0, 0.1) is 16.7 Å². The Morgan fingerprint density at radius 3 is 2.63 bits per heavy atom. The first kappa shape index (κ1) is 16.5. The van der Waals surface area contributed by atoms with Gasteiger partial charge in [-0.1, -0.05) is 0 Å². The second-order valence-electron chi connectivity index (χ2n) is 6.26. The number of ether oxygens (including phenoxy) is 1. The predicted octanol–water partition coefficient (Wildman–Crippen LogP) is 3.90. The van der Waals surface area contributed by atoms with Crippen LogP contribution in [0.15, 0.2) is 60.9 Å². The minimum absolute atomic E-state index is 0.425. The van der Waals surface area contributed by atoms with Crippen molar-refractivity contribution in [2.75, 3.05) is 5.73 Å². The number of nitrogen functional groups attached to an aromatic ring is 1. The number of aromatic nitrogens is 2. The average molecular weight is 355 g/mol. The molecular weight excluding hydrogens is 338 g/mol. The van der Waals surface area contributed by atoms with Crippen molar-refractivity contribution in [3.05, 3.63) is 72.0 Å². The van der Waals surface area contributed by atoms with Gasteiger partial charge in [-0.05, 0) is 48.5 Å². The van der Waals surface area contributed by atoms with E-state index in [-0.39, 0.29) is 0 Å². The Labute approximate surface area is 155 Å². The quantitative estimate of drug-likeness (QED) is 0.485. The molecular formula is C21H17N5O. The molecule has 0 unspecified atom stereocenters. The second-order valence-corrected chi connectivity index (χ2v) is 6.26. The molecule has 4 aromatic rings. The minimum atomic E-state index is 0.425. The summed E-state index contributed by atoms with van der Waals surface area (Å²) in [5.74, 6) is 1.27. The Morgan fingerprint density at radius 1 is 1.11 bits per heavy atom. The number of benzene rings is 2. The van der Waals surface area contributed by atoms with Crippen LogP contribution >= 0.6 is 0 Å². The zero-order valence-electron chi connectivity index (χ0n) is 14.7. The third kappa shape index (κ3) is 2.92. The standard InChI is InChI=1S/C21H17N5O/c1-26-12-18(20-16(21(26)24)8-9-25-20)17-10-14(23)4-7-19(17)27-15-5-2-13(11-22)3-6-15/h2-10,12,24-25H,23H2,1H3. The molecule has 0 fully saturated rings. The van der Waals surface area contributed by atoms with Gasteiger partial charge < -0.3 is 20.0 Å². The molecule has 0 bridgehead atoms. The average Bonchev–Trinajstić information content (AvgIpc) is 3.17. The lowest BCUT2D eigenvalue weighted by Crippen LogP contribution is -2.16. The first-order valence-electron chi connectivity index (χ1n) is 8.36. The number of hydrogen-bond donors (Lipinski definition) is 3. The van der Waals surface area contributed by atoms with Crippen LogP contribution in [0.3, 0.4) is 0 Å². The molecule has 0 atom stereocenters. The Kier molecular flexibility index (Phi) is 3.90. The Bertz CT molecular complexity index is 1240. The molecule has 0 aliphatic heterocycles. The van der Waals surface area contributed by atoms with E-state index in [9.17, 15) is 0 Å². The summed E-state index contributed by atoms with van der Waals surface area (Å²) in [6.07, 6.45) is 3.71. The van der Waals surface area contributed by atoms with E-state index in [0.29, 0.717) is 28.2 Å². The van der Waals surface area contributed by atoms with Crippen molar-refractivity contribution >= 4 is 16.6 Å². The maximum absolute atomic E-state index is 8.94. The van der Waals surface area contributed by atoms with E-state index in [1.54, 1.807) is 34.9 Å². The number of aryl methyl sites for hydroxylation is 1. The number of rotatable bonds is 3. The Balaban J connectivity index is 1.88. The van der Waals surface area contributed by atoms with Crippen molar-refractivity contribution in [2.24, 2.45) is 7.05 Å². The topological polar surface area (TPSA) is 104 Å². The highest BCUT2D eigenvalue weighted by Gasteiger charge is 2.14. The van der Waals surface area contributed by atoms with Gasteiger partial charge in [-0.15, -0.1) is 0 Å². The fourth-order valence-electron chi connectivity index (χ4n) is 3.08. The van der Waals surface area contributed by atoms with Gasteiger partial charge in [0.05, 0.1) is 17.1 Å². The number of fused-ring (bicyclic) bond motifs is 1. The molecule has 0 amide bonds. The normalized spacial score (nSPS) is 10.7. The van der Waals surface area contributed by atoms with E-state index in [1.807, 2.05) is 37.6 Å². The molecule has 27 heavy (non-hydrogen) atoms. The summed E-state index contributed by atoms with van der Waals surface area (Å²) in [6, 6.07) is 16.4. The predicted molar refractivity (Wildman–Crippen MR) is 104 cm³/mol. The molecule has 0 radical (unpaired) electrons. The lowest BCUT2D eigenvalue weighted by molar-refractivity contribution is 0.484. The molecule has 0 saturated heterocycles. The van der Waals surface area contributed by atoms with Crippen LogP contribution in [0.5, 0.6) is 11.5 Å². The second kappa shape index (κ2) is 6.39. The molecule has 132 valence electrons. The third-order valence-corrected chi connectivity index (χ3v) is 4.45. The minimum Gasteiger partial charge on any atom is -0.457 e. The number of hydrogen-bond acceptors (Lipinski definition) is 4. The largest absolute Gasteiger partial charge is 0.457 e. The van der Waals surface area contributed by atoms with Gasteiger partial charge in [0.15, 0.2) is 0 Å². The van der Waals surface area contributed by atoms with Crippen molar-refractivity contribution in [1.82, 2.24) is 9.55 Å². The summed E-state index contributed by atoms with van der Waals surface area (Å²) in [4.78, 5) is 3.21. The number of pyridine rings is 1. The maximum atomic E-state index is 8.94. The van der Waals surface area contributed by atoms with Gasteiger partial charge in [0.25, 0.3) is 0 Å². The van der Waals surface area contributed by atoms with Gasteiger partial charge in [-0.25, -0.2) is 0 Å². The smallest absolute Gasteiger partial charge is 0.135 e. The first-order valence-corrected chi connectivity index (χ1v) is 8.36. The first-order chi connectivity index (χ1) is 13.1. The van der Waals surface area contributed by atoms with Crippen LogP contribution < -0.4 is 16.0 Å². The molecule has 4 N–H and O–H groups in total. The van der Waals surface area contributed by atoms with Gasteiger partial charge in [0.2, 0.25) is 0 Å². The van der Waals surface area contributed by atoms with Crippen LogP contribution in [-0.2, 0) is 7.05 Å². The van der Waals surface area contributed by atoms with E-state index < -0.39 is 0 Å². The Morgan fingerprint density at radius 2 is 1.89 bits per heavy atom. The van der Waals surface area contributed by atoms with Gasteiger partial charge >= 0.3 is 0 Å². The number of nitrogens with zero attached hydrogens (tertiary/aromatic N) is 2. The van der Waals surface area contributed by atoms with E-state index in [4.69, 9.17) is 21.1 Å². The van der Waals surface area contributed by atoms with Gasteiger partial charge in [-0.3, -0.25) is 5.41 Å². The summed E-state index contributed by atoms with van der Waals surface area (Å²) in [5, 5.41) is 18.0. The molecule has 2 aromatic carbocycles. The van der Waals surface area contributed by atoms with Crippen molar-refractivity contribution in [1.29, 1.82) is 10.7 Å². The molecule has 0 aliphatic rings. The fourth-order valence-corrected chi connectivity index (χ4v) is 3.08. The lowest BCUT2D eigenvalue weighted by Gasteiger charge is -2.14. The van der Waals surface area contributed by atoms with Crippen molar-refractivity contribution in [3.8, 4) is 28.7 Å². The van der Waals surface area contributed by atoms with E-state index in [1.165, 1.54) is 0 Å². The monoisotopic (exact) mass is 355 g/mol. The number of H-pyrrole nitrogens is 1. The molecule has 2 heterocycles. The van der Waals surface area contributed by atoms with Gasteiger partial charge in [0.1, 0.15) is 17.0 Å². The van der Waals surface area contributed by atoms with Crippen molar-refractivity contribution in [3.63, 3.8) is 0 Å². The summed E-state index contributed by atoms with van der Waals surface area (Å²) in [7, 11) is 1.84. The number of nitriles is 1. The molecule has 2 aromatic heterocycles. The molecule has 0 aliphatic carbocycles. The Hall–Kier alpha value is -3.98. The maximum Gasteiger partial charge on any atom is 0.135 e. The van der Waals surface area contributed by atoms with Gasteiger partial charge in [0, 0.05) is 41.6 Å². The van der Waals surface area contributed by atoms with Crippen LogP contribution in [0.25, 0.3) is 22.0 Å². The SMILES string of the molecule is Cn1cc(-c2cc(N)ccc2Oc2ccc(C#N)cc2)c2[nH]ccc2c1=N. The molecule has 6 nitrogen and oxygen atoms in total. The van der Waals surface area contributed by atoms with E-state index in [2.05, 4.69) is 11.1 Å². The summed E-state index contributed by atoms with van der Waals surface area (Å²) >= 11 is 0. The molecule has 0 spiro atoms. The number of nitrogens with one attached hydrogen (secondary N) is 2. The summed E-state index contributed by atoms with van der Waals surface area (Å²) < 4.78 is 7.84. The lowest BCUT2D eigenvalue weighted by atomic mass is 10.0. The zero-order chi connectivity index (χ0) is 19.0. The highest BCUT2D eigenvalue weighted by molar-refractivity contribution is 5.95. The van der Waals surface area contributed by atoms with Crippen LogP contribution in [0.1, 0.15) is 5.56 Å². The van der Waals surface area contributed by atoms with Crippen molar-refractivity contribution in [2.45, 2.75) is 0 Å². The van der Waals surface area contributed by atoms with Crippen LogP contribution in [-0.4, -0.2) is 9.55 Å². The number of nitrogens with two attached hydrogens (primary N) is 1. The summed E-state index contributed by atoms with van der Waals surface area (Å²) in [5.41, 5.74) is 10.2. The van der Waals surface area contributed by atoms with Gasteiger partial charge in [-0.2, -0.15) is 5.26 Å². The molecule has 4 rings (SSSR count).